The number of aromatic nitrogens is 1. The van der Waals surface area contributed by atoms with Crippen molar-refractivity contribution in [1.82, 2.24) is 10.3 Å². The zero-order valence-corrected chi connectivity index (χ0v) is 18.4. The molecule has 0 saturated heterocycles. The summed E-state index contributed by atoms with van der Waals surface area (Å²) in [6, 6.07) is 22.6. The Morgan fingerprint density at radius 3 is 2.36 bits per heavy atom. The van der Waals surface area contributed by atoms with Crippen LogP contribution in [0.1, 0.15) is 27.4 Å². The lowest BCUT2D eigenvalue weighted by molar-refractivity contribution is 0.0952. The largest absolute Gasteiger partial charge is 0.497 e. The van der Waals surface area contributed by atoms with Gasteiger partial charge in [0, 0.05) is 40.8 Å². The summed E-state index contributed by atoms with van der Waals surface area (Å²) in [7, 11) is 2.93. The van der Waals surface area contributed by atoms with Crippen LogP contribution in [0.15, 0.2) is 79.0 Å². The molecule has 1 heterocycles. The highest BCUT2D eigenvalue weighted by Crippen LogP contribution is 2.31. The molecule has 0 saturated carbocycles. The smallest absolute Gasteiger partial charge is 0.411 e. The summed E-state index contributed by atoms with van der Waals surface area (Å²) in [6.45, 7) is 0.412. The second-order valence-electron chi connectivity index (χ2n) is 7.52. The number of anilines is 1. The normalized spacial score (nSPS) is 11.6. The number of H-pyrrole nitrogens is 1. The molecule has 1 aromatic heterocycles. The monoisotopic (exact) mass is 443 g/mol. The third kappa shape index (κ3) is 4.98. The summed E-state index contributed by atoms with van der Waals surface area (Å²) < 4.78 is 9.88. The molecule has 1 unspecified atom stereocenters. The Kier molecular flexibility index (Phi) is 6.59. The van der Waals surface area contributed by atoms with E-state index in [9.17, 15) is 9.59 Å². The van der Waals surface area contributed by atoms with E-state index in [0.717, 1.165) is 27.8 Å². The predicted octanol–water partition coefficient (Wildman–Crippen LogP) is 4.92. The van der Waals surface area contributed by atoms with E-state index in [0.29, 0.717) is 17.8 Å². The van der Waals surface area contributed by atoms with Gasteiger partial charge in [-0.15, -0.1) is 0 Å². The minimum atomic E-state index is -0.562. The lowest BCUT2D eigenvalue weighted by atomic mass is 9.90. The lowest BCUT2D eigenvalue weighted by Crippen LogP contribution is -2.28. The van der Waals surface area contributed by atoms with Gasteiger partial charge in [-0.25, -0.2) is 4.79 Å². The van der Waals surface area contributed by atoms with Gasteiger partial charge >= 0.3 is 6.09 Å². The topological polar surface area (TPSA) is 92.4 Å². The van der Waals surface area contributed by atoms with Crippen LogP contribution in [0.25, 0.3) is 10.9 Å². The first-order valence-electron chi connectivity index (χ1n) is 10.5. The van der Waals surface area contributed by atoms with E-state index in [2.05, 4.69) is 26.4 Å². The van der Waals surface area contributed by atoms with E-state index in [1.807, 2.05) is 48.7 Å². The number of carbonyl (C=O) groups is 2. The lowest BCUT2D eigenvalue weighted by Gasteiger charge is -2.19. The minimum absolute atomic E-state index is 0.0590. The van der Waals surface area contributed by atoms with Crippen molar-refractivity contribution in [1.29, 1.82) is 0 Å². The summed E-state index contributed by atoms with van der Waals surface area (Å²) in [5.74, 6) is 0.523. The maximum Gasteiger partial charge on any atom is 0.411 e. The minimum Gasteiger partial charge on any atom is -0.497 e. The standard InChI is InChI=1S/C26H25N3O4/c1-32-20-13-9-17(10-14-20)22(23-16-27-24-6-4-3-5-21(23)24)15-28-25(30)18-7-11-19(12-8-18)29-26(31)33-2/h3-14,16,22,27H,15H2,1-2H3,(H,28,30)(H,29,31). The Balaban J connectivity index is 1.55. The van der Waals surface area contributed by atoms with Crippen molar-refractivity contribution in [2.24, 2.45) is 0 Å². The van der Waals surface area contributed by atoms with E-state index in [4.69, 9.17) is 4.74 Å². The highest BCUT2D eigenvalue weighted by molar-refractivity contribution is 5.95. The van der Waals surface area contributed by atoms with Crippen molar-refractivity contribution in [2.45, 2.75) is 5.92 Å². The number of hydrogen-bond acceptors (Lipinski definition) is 4. The fraction of sp³-hybridized carbons (Fsp3) is 0.154. The second kappa shape index (κ2) is 9.91. The van der Waals surface area contributed by atoms with Gasteiger partial charge in [-0.1, -0.05) is 30.3 Å². The molecule has 7 nitrogen and oxygen atoms in total. The quantitative estimate of drug-likeness (QED) is 0.378. The molecular weight excluding hydrogens is 418 g/mol. The molecular formula is C26H25N3O4. The number of aromatic amines is 1. The van der Waals surface area contributed by atoms with Gasteiger partial charge in [-0.05, 0) is 53.6 Å². The number of ether oxygens (including phenoxy) is 2. The number of amides is 2. The summed E-state index contributed by atoms with van der Waals surface area (Å²) in [6.07, 6.45) is 1.44. The van der Waals surface area contributed by atoms with E-state index in [1.54, 1.807) is 31.4 Å². The maximum atomic E-state index is 12.9. The molecule has 1 atom stereocenters. The molecule has 0 radical (unpaired) electrons. The van der Waals surface area contributed by atoms with Crippen LogP contribution in [0.4, 0.5) is 10.5 Å². The predicted molar refractivity (Wildman–Crippen MR) is 128 cm³/mol. The first-order valence-corrected chi connectivity index (χ1v) is 10.5. The molecule has 0 aliphatic carbocycles. The van der Waals surface area contributed by atoms with Crippen LogP contribution in [0.3, 0.4) is 0 Å². The molecule has 3 aromatic carbocycles. The molecule has 0 spiro atoms. The zero-order chi connectivity index (χ0) is 23.2. The molecule has 0 bridgehead atoms. The molecule has 168 valence electrons. The Hall–Kier alpha value is -4.26. The average molecular weight is 444 g/mol. The van der Waals surface area contributed by atoms with Crippen LogP contribution >= 0.6 is 0 Å². The fourth-order valence-electron chi connectivity index (χ4n) is 3.80. The van der Waals surface area contributed by atoms with Gasteiger partial charge in [-0.3, -0.25) is 10.1 Å². The van der Waals surface area contributed by atoms with E-state index in [-0.39, 0.29) is 11.8 Å². The van der Waals surface area contributed by atoms with Crippen molar-refractivity contribution >= 4 is 28.6 Å². The van der Waals surface area contributed by atoms with Gasteiger partial charge in [0.2, 0.25) is 0 Å². The van der Waals surface area contributed by atoms with Crippen LogP contribution in [-0.4, -0.2) is 37.7 Å². The van der Waals surface area contributed by atoms with Crippen molar-refractivity contribution in [3.05, 3.63) is 95.7 Å². The van der Waals surface area contributed by atoms with E-state index >= 15 is 0 Å². The first-order chi connectivity index (χ1) is 16.1. The van der Waals surface area contributed by atoms with E-state index in [1.165, 1.54) is 7.11 Å². The third-order valence-electron chi connectivity index (χ3n) is 5.56. The molecule has 0 fully saturated rings. The number of carbonyl (C=O) groups excluding carboxylic acids is 2. The van der Waals surface area contributed by atoms with Crippen LogP contribution in [0.2, 0.25) is 0 Å². The van der Waals surface area contributed by atoms with Crippen molar-refractivity contribution < 1.29 is 19.1 Å². The van der Waals surface area contributed by atoms with Crippen molar-refractivity contribution in [3.8, 4) is 5.75 Å². The molecule has 4 aromatic rings. The Morgan fingerprint density at radius 1 is 0.939 bits per heavy atom. The second-order valence-corrected chi connectivity index (χ2v) is 7.52. The number of methoxy groups -OCH3 is 2. The maximum absolute atomic E-state index is 12.9. The molecule has 0 aliphatic heterocycles. The third-order valence-corrected chi connectivity index (χ3v) is 5.56. The van der Waals surface area contributed by atoms with E-state index < -0.39 is 6.09 Å². The SMILES string of the molecule is COC(=O)Nc1ccc(C(=O)NCC(c2ccc(OC)cc2)c2c[nH]c3ccccc23)cc1. The number of para-hydroxylation sites is 1. The van der Waals surface area contributed by atoms with Crippen LogP contribution in [-0.2, 0) is 4.74 Å². The Morgan fingerprint density at radius 2 is 1.67 bits per heavy atom. The van der Waals surface area contributed by atoms with Gasteiger partial charge in [0.1, 0.15) is 5.75 Å². The van der Waals surface area contributed by atoms with Crippen LogP contribution in [0, 0.1) is 0 Å². The molecule has 4 rings (SSSR count). The molecule has 33 heavy (non-hydrogen) atoms. The number of hydrogen-bond donors (Lipinski definition) is 3. The molecule has 0 aliphatic rings. The highest BCUT2D eigenvalue weighted by Gasteiger charge is 2.20. The molecule has 2 amide bonds. The van der Waals surface area contributed by atoms with Crippen molar-refractivity contribution in [3.63, 3.8) is 0 Å². The van der Waals surface area contributed by atoms with Crippen molar-refractivity contribution in [2.75, 3.05) is 26.1 Å². The molecule has 7 heteroatoms. The first kappa shape index (κ1) is 22.0. The van der Waals surface area contributed by atoms with Crippen LogP contribution in [0.5, 0.6) is 5.75 Å². The zero-order valence-electron chi connectivity index (χ0n) is 18.4. The number of fused-ring (bicyclic) bond motifs is 1. The highest BCUT2D eigenvalue weighted by atomic mass is 16.5. The number of benzene rings is 3. The Labute approximate surface area is 191 Å². The summed E-state index contributed by atoms with van der Waals surface area (Å²) in [4.78, 5) is 27.5. The van der Waals surface area contributed by atoms with Gasteiger partial charge in [0.05, 0.1) is 14.2 Å². The van der Waals surface area contributed by atoms with Gasteiger partial charge in [0.15, 0.2) is 0 Å². The summed E-state index contributed by atoms with van der Waals surface area (Å²) in [5, 5.41) is 6.74. The number of nitrogens with one attached hydrogen (secondary N) is 3. The number of rotatable bonds is 7. The van der Waals surface area contributed by atoms with Gasteiger partial charge < -0.3 is 19.8 Å². The van der Waals surface area contributed by atoms with Crippen LogP contribution < -0.4 is 15.4 Å². The summed E-state index contributed by atoms with van der Waals surface area (Å²) >= 11 is 0. The fourth-order valence-corrected chi connectivity index (χ4v) is 3.80. The average Bonchev–Trinajstić information content (AvgIpc) is 3.29. The molecule has 3 N–H and O–H groups in total. The van der Waals surface area contributed by atoms with Gasteiger partial charge in [0.25, 0.3) is 5.91 Å². The summed E-state index contributed by atoms with van der Waals surface area (Å²) in [5.41, 5.74) is 4.27. The van der Waals surface area contributed by atoms with Gasteiger partial charge in [-0.2, -0.15) is 0 Å². The Bertz CT molecular complexity index is 1250.